The van der Waals surface area contributed by atoms with Crippen LogP contribution in [0, 0.1) is 0 Å². The molecule has 1 aromatic carbocycles. The number of ether oxygens (including phenoxy) is 4. The lowest BCUT2D eigenvalue weighted by Gasteiger charge is -2.13. The van der Waals surface area contributed by atoms with Crippen molar-refractivity contribution in [1.29, 1.82) is 0 Å². The summed E-state index contributed by atoms with van der Waals surface area (Å²) >= 11 is 0. The van der Waals surface area contributed by atoms with Crippen LogP contribution in [0.2, 0.25) is 0 Å². The van der Waals surface area contributed by atoms with Gasteiger partial charge in [-0.1, -0.05) is 0 Å². The molecule has 25 heavy (non-hydrogen) atoms. The number of aromatic nitrogens is 1. The zero-order chi connectivity index (χ0) is 18.4. The van der Waals surface area contributed by atoms with Crippen molar-refractivity contribution in [3.05, 3.63) is 29.5 Å². The molecule has 0 fully saturated rings. The van der Waals surface area contributed by atoms with Crippen LogP contribution < -0.4 is 9.47 Å². The lowest BCUT2D eigenvalue weighted by Crippen LogP contribution is -2.15. The Hall–Kier alpha value is -2.83. The van der Waals surface area contributed by atoms with Crippen LogP contribution >= 0.6 is 0 Å². The fourth-order valence-corrected chi connectivity index (χ4v) is 2.41. The maximum atomic E-state index is 12.3. The van der Waals surface area contributed by atoms with E-state index in [0.717, 1.165) is 0 Å². The van der Waals surface area contributed by atoms with Gasteiger partial charge in [-0.25, -0.2) is 4.79 Å². The predicted molar refractivity (Wildman–Crippen MR) is 91.1 cm³/mol. The predicted octanol–water partition coefficient (Wildman–Crippen LogP) is 2.53. The van der Waals surface area contributed by atoms with Crippen LogP contribution in [0.25, 0.3) is 10.9 Å². The second-order valence-corrected chi connectivity index (χ2v) is 5.08. The number of hydrogen-bond acceptors (Lipinski definition) is 7. The molecule has 0 atom stereocenters. The van der Waals surface area contributed by atoms with Gasteiger partial charge in [-0.3, -0.25) is 9.78 Å². The molecule has 0 saturated heterocycles. The van der Waals surface area contributed by atoms with Crippen LogP contribution in [0.4, 0.5) is 0 Å². The number of esters is 2. The molecule has 0 spiro atoms. The summed E-state index contributed by atoms with van der Waals surface area (Å²) < 4.78 is 20.6. The van der Waals surface area contributed by atoms with Crippen molar-refractivity contribution in [2.75, 3.05) is 27.4 Å². The molecule has 0 N–H and O–H groups in total. The molecule has 1 heterocycles. The highest BCUT2D eigenvalue weighted by Gasteiger charge is 2.20. The van der Waals surface area contributed by atoms with Gasteiger partial charge < -0.3 is 18.9 Å². The van der Waals surface area contributed by atoms with Gasteiger partial charge in [-0.05, 0) is 19.9 Å². The highest BCUT2D eigenvalue weighted by Crippen LogP contribution is 2.32. The number of carbonyl (C=O) groups excluding carboxylic acids is 2. The summed E-state index contributed by atoms with van der Waals surface area (Å²) in [5, 5.41) is 0.624. The van der Waals surface area contributed by atoms with E-state index in [4.69, 9.17) is 18.9 Å². The van der Waals surface area contributed by atoms with E-state index >= 15 is 0 Å². The van der Waals surface area contributed by atoms with Gasteiger partial charge in [0.2, 0.25) is 0 Å². The van der Waals surface area contributed by atoms with E-state index in [1.54, 1.807) is 32.0 Å². The Balaban J connectivity index is 2.63. The number of pyridine rings is 1. The van der Waals surface area contributed by atoms with Gasteiger partial charge in [0.1, 0.15) is 11.5 Å². The van der Waals surface area contributed by atoms with E-state index in [1.165, 1.54) is 14.2 Å². The van der Waals surface area contributed by atoms with Crippen LogP contribution in [0.1, 0.15) is 29.9 Å². The highest BCUT2D eigenvalue weighted by molar-refractivity contribution is 5.98. The molecule has 2 rings (SSSR count). The minimum Gasteiger partial charge on any atom is -0.497 e. The standard InChI is InChI=1S/C18H21NO6/c1-5-24-17(20)10-15-13(18(21)25-6-2)9-12-14(19-15)7-11(22-3)8-16(12)23-4/h7-9H,5-6,10H2,1-4H3. The van der Waals surface area contributed by atoms with Crippen LogP contribution in [0.5, 0.6) is 11.5 Å². The zero-order valence-electron chi connectivity index (χ0n) is 14.8. The molecule has 7 nitrogen and oxygen atoms in total. The van der Waals surface area contributed by atoms with Crippen molar-refractivity contribution in [2.24, 2.45) is 0 Å². The molecule has 134 valence electrons. The molecule has 0 amide bonds. The second-order valence-electron chi connectivity index (χ2n) is 5.08. The molecule has 0 radical (unpaired) electrons. The van der Waals surface area contributed by atoms with Crippen molar-refractivity contribution >= 4 is 22.8 Å². The fourth-order valence-electron chi connectivity index (χ4n) is 2.41. The number of fused-ring (bicyclic) bond motifs is 1. The Kier molecular flexibility index (Phi) is 6.16. The molecule has 0 unspecified atom stereocenters. The third-order valence-electron chi connectivity index (χ3n) is 3.52. The summed E-state index contributed by atoms with van der Waals surface area (Å²) in [5.74, 6) is 0.0572. The topological polar surface area (TPSA) is 84.0 Å². The van der Waals surface area contributed by atoms with Crippen molar-refractivity contribution in [1.82, 2.24) is 4.98 Å². The minimum atomic E-state index is -0.547. The highest BCUT2D eigenvalue weighted by atomic mass is 16.5. The van der Waals surface area contributed by atoms with Crippen molar-refractivity contribution in [2.45, 2.75) is 20.3 Å². The zero-order valence-corrected chi connectivity index (χ0v) is 14.8. The third kappa shape index (κ3) is 4.17. The number of benzene rings is 1. The summed E-state index contributed by atoms with van der Waals surface area (Å²) in [7, 11) is 3.05. The molecular formula is C18H21NO6. The van der Waals surface area contributed by atoms with Crippen LogP contribution in [-0.2, 0) is 20.7 Å². The normalized spacial score (nSPS) is 10.4. The molecule has 0 aliphatic heterocycles. The van der Waals surface area contributed by atoms with Gasteiger partial charge in [0.05, 0.1) is 50.6 Å². The average molecular weight is 347 g/mol. The van der Waals surface area contributed by atoms with Gasteiger partial charge in [-0.15, -0.1) is 0 Å². The van der Waals surface area contributed by atoms with E-state index in [9.17, 15) is 9.59 Å². The van der Waals surface area contributed by atoms with Gasteiger partial charge in [0.15, 0.2) is 0 Å². The first-order valence-corrected chi connectivity index (χ1v) is 7.92. The monoisotopic (exact) mass is 347 g/mol. The van der Waals surface area contributed by atoms with Gasteiger partial charge in [0, 0.05) is 17.5 Å². The Labute approximate surface area is 145 Å². The summed E-state index contributed by atoms with van der Waals surface area (Å²) in [5.41, 5.74) is 1.05. The third-order valence-corrected chi connectivity index (χ3v) is 3.52. The number of carbonyl (C=O) groups is 2. The van der Waals surface area contributed by atoms with Crippen molar-refractivity contribution in [3.63, 3.8) is 0 Å². The summed E-state index contributed by atoms with van der Waals surface area (Å²) in [6.07, 6.45) is -0.128. The number of methoxy groups -OCH3 is 2. The van der Waals surface area contributed by atoms with Gasteiger partial charge in [-0.2, -0.15) is 0 Å². The van der Waals surface area contributed by atoms with Gasteiger partial charge >= 0.3 is 11.9 Å². The quantitative estimate of drug-likeness (QED) is 0.712. The molecule has 7 heteroatoms. The Morgan fingerprint density at radius 3 is 2.32 bits per heavy atom. The molecular weight excluding hydrogens is 326 g/mol. The summed E-state index contributed by atoms with van der Waals surface area (Å²) in [6.45, 7) is 3.90. The number of hydrogen-bond donors (Lipinski definition) is 0. The average Bonchev–Trinajstić information content (AvgIpc) is 2.60. The second kappa shape index (κ2) is 8.32. The first kappa shape index (κ1) is 18.5. The lowest BCUT2D eigenvalue weighted by atomic mass is 10.1. The van der Waals surface area contributed by atoms with E-state index in [1.807, 2.05) is 0 Å². The Morgan fingerprint density at radius 2 is 1.72 bits per heavy atom. The molecule has 0 bridgehead atoms. The molecule has 0 saturated carbocycles. The van der Waals surface area contributed by atoms with E-state index in [0.29, 0.717) is 28.1 Å². The first-order chi connectivity index (χ1) is 12.0. The lowest BCUT2D eigenvalue weighted by molar-refractivity contribution is -0.142. The maximum absolute atomic E-state index is 12.3. The van der Waals surface area contributed by atoms with E-state index in [-0.39, 0.29) is 25.2 Å². The SMILES string of the molecule is CCOC(=O)Cc1nc2cc(OC)cc(OC)c2cc1C(=O)OCC. The van der Waals surface area contributed by atoms with Crippen LogP contribution in [0.15, 0.2) is 18.2 Å². The summed E-state index contributed by atoms with van der Waals surface area (Å²) in [6, 6.07) is 5.03. The number of nitrogens with zero attached hydrogens (tertiary/aromatic N) is 1. The first-order valence-electron chi connectivity index (χ1n) is 7.92. The van der Waals surface area contributed by atoms with Gasteiger partial charge in [0.25, 0.3) is 0 Å². The van der Waals surface area contributed by atoms with Crippen LogP contribution in [0.3, 0.4) is 0 Å². The molecule has 1 aromatic heterocycles. The molecule has 0 aliphatic rings. The largest absolute Gasteiger partial charge is 0.497 e. The molecule has 2 aromatic rings. The van der Waals surface area contributed by atoms with Crippen LogP contribution in [-0.4, -0.2) is 44.4 Å². The number of rotatable bonds is 7. The Bertz CT molecular complexity index is 787. The van der Waals surface area contributed by atoms with E-state index < -0.39 is 11.9 Å². The smallest absolute Gasteiger partial charge is 0.340 e. The molecule has 0 aliphatic carbocycles. The van der Waals surface area contributed by atoms with Crippen molar-refractivity contribution < 1.29 is 28.5 Å². The van der Waals surface area contributed by atoms with Crippen molar-refractivity contribution in [3.8, 4) is 11.5 Å². The van der Waals surface area contributed by atoms with E-state index in [2.05, 4.69) is 4.98 Å². The Morgan fingerprint density at radius 1 is 1.00 bits per heavy atom. The summed E-state index contributed by atoms with van der Waals surface area (Å²) in [4.78, 5) is 28.6. The maximum Gasteiger partial charge on any atom is 0.340 e. The minimum absolute atomic E-state index is 0.128. The fraction of sp³-hybridized carbons (Fsp3) is 0.389.